The number of fused-ring (bicyclic) bond motifs is 5. The number of halogens is 2. The molecule has 7 nitrogen and oxygen atoms in total. The number of anilines is 1. The standard InChI is InChI=1S/C33H41Cl2NO6/c1-20-4-5-21(16-26(20)36(14-12-34)15-13-35)30(40)42-19-28(39)33(41)11-9-25-24-7-6-22-17-23(37)8-10-31(22,2)29(24)27(38)18-32(25,33)3/h4-5,8,10,16-17,24-25,27,29,38,41H,6-7,9,11-15,18-19H2,1-3H3/t24-,25-,27-,29+,31-,32-,33-/m0/s1. The zero-order valence-electron chi connectivity index (χ0n) is 24.6. The molecule has 0 unspecified atom stereocenters. The Kier molecular flexibility index (Phi) is 8.72. The largest absolute Gasteiger partial charge is 0.454 e. The van der Waals surface area contributed by atoms with Gasteiger partial charge in [-0.25, -0.2) is 4.79 Å². The van der Waals surface area contributed by atoms with Gasteiger partial charge in [-0.1, -0.05) is 31.6 Å². The summed E-state index contributed by atoms with van der Waals surface area (Å²) in [5.41, 5.74) is 0.147. The van der Waals surface area contributed by atoms with Gasteiger partial charge >= 0.3 is 5.97 Å². The Hall–Kier alpha value is -2.19. The van der Waals surface area contributed by atoms with Gasteiger partial charge in [-0.05, 0) is 80.7 Å². The van der Waals surface area contributed by atoms with Crippen LogP contribution in [-0.2, 0) is 14.3 Å². The van der Waals surface area contributed by atoms with Gasteiger partial charge in [-0.2, -0.15) is 0 Å². The first-order chi connectivity index (χ1) is 19.9. The van der Waals surface area contributed by atoms with E-state index in [1.165, 1.54) is 0 Å². The summed E-state index contributed by atoms with van der Waals surface area (Å²) in [6.45, 7) is 6.53. The second kappa shape index (κ2) is 11.7. The van der Waals surface area contributed by atoms with Crippen LogP contribution in [0.5, 0.6) is 0 Å². The summed E-state index contributed by atoms with van der Waals surface area (Å²) in [5.74, 6) is -0.364. The summed E-state index contributed by atoms with van der Waals surface area (Å²) in [6, 6.07) is 5.20. The molecule has 228 valence electrons. The monoisotopic (exact) mass is 617 g/mol. The van der Waals surface area contributed by atoms with Crippen LogP contribution in [0.1, 0.15) is 61.9 Å². The number of aliphatic hydroxyl groups is 2. The molecule has 9 heteroatoms. The van der Waals surface area contributed by atoms with Crippen molar-refractivity contribution >= 4 is 46.4 Å². The molecular formula is C33H41Cl2NO6. The van der Waals surface area contributed by atoms with Crippen LogP contribution in [0, 0.1) is 35.5 Å². The average Bonchev–Trinajstić information content (AvgIpc) is 3.22. The van der Waals surface area contributed by atoms with E-state index >= 15 is 0 Å². The SMILES string of the molecule is Cc1ccc(C(=O)OCC(=O)[C@@]2(O)CC[C@H]3[C@@H]4CCC5=CC(=O)C=C[C@]5(C)[C@H]4[C@@H](O)C[C@@]32C)cc1N(CCCl)CCCl. The number of nitrogens with zero attached hydrogens (tertiary/aromatic N) is 1. The number of ether oxygens (including phenoxy) is 1. The van der Waals surface area contributed by atoms with E-state index in [0.717, 1.165) is 29.7 Å². The Labute approximate surface area is 257 Å². The second-order valence-corrected chi connectivity index (χ2v) is 13.7. The normalized spacial score (nSPS) is 35.1. The molecule has 0 bridgehead atoms. The number of rotatable bonds is 9. The van der Waals surface area contributed by atoms with E-state index in [4.69, 9.17) is 27.9 Å². The number of esters is 1. The van der Waals surface area contributed by atoms with Crippen molar-refractivity contribution in [3.63, 3.8) is 0 Å². The van der Waals surface area contributed by atoms with Crippen molar-refractivity contribution in [3.8, 4) is 0 Å². The highest BCUT2D eigenvalue weighted by Gasteiger charge is 2.68. The number of aryl methyl sites for hydroxylation is 1. The Morgan fingerprint density at radius 2 is 1.86 bits per heavy atom. The third-order valence-electron chi connectivity index (χ3n) is 10.9. The van der Waals surface area contributed by atoms with Crippen molar-refractivity contribution in [1.82, 2.24) is 0 Å². The van der Waals surface area contributed by atoms with E-state index < -0.39 is 40.9 Å². The van der Waals surface area contributed by atoms with Crippen molar-refractivity contribution in [1.29, 1.82) is 0 Å². The molecule has 0 spiro atoms. The van der Waals surface area contributed by atoms with Crippen LogP contribution < -0.4 is 4.90 Å². The van der Waals surface area contributed by atoms with Gasteiger partial charge in [0.1, 0.15) is 5.60 Å². The van der Waals surface area contributed by atoms with Crippen molar-refractivity contribution in [2.45, 2.75) is 64.6 Å². The maximum absolute atomic E-state index is 13.7. The predicted octanol–water partition coefficient (Wildman–Crippen LogP) is 5.01. The number of ketones is 2. The maximum atomic E-state index is 13.7. The molecule has 0 amide bonds. The molecule has 0 aliphatic heterocycles. The number of benzene rings is 1. The molecule has 42 heavy (non-hydrogen) atoms. The molecule has 1 aromatic rings. The van der Waals surface area contributed by atoms with Crippen LogP contribution in [0.15, 0.2) is 42.0 Å². The zero-order valence-corrected chi connectivity index (χ0v) is 26.1. The van der Waals surface area contributed by atoms with Gasteiger partial charge in [0.2, 0.25) is 5.78 Å². The summed E-state index contributed by atoms with van der Waals surface area (Å²) in [4.78, 5) is 40.8. The predicted molar refractivity (Wildman–Crippen MR) is 163 cm³/mol. The molecule has 0 saturated heterocycles. The highest BCUT2D eigenvalue weighted by Crippen LogP contribution is 2.67. The van der Waals surface area contributed by atoms with Crippen LogP contribution in [0.3, 0.4) is 0 Å². The molecule has 2 N–H and O–H groups in total. The van der Waals surface area contributed by atoms with E-state index in [0.29, 0.717) is 36.8 Å². The van der Waals surface area contributed by atoms with Gasteiger partial charge in [0.05, 0.1) is 11.7 Å². The minimum atomic E-state index is -1.71. The third-order valence-corrected chi connectivity index (χ3v) is 11.3. The third kappa shape index (κ3) is 5.04. The maximum Gasteiger partial charge on any atom is 0.338 e. The number of alkyl halides is 2. The fourth-order valence-corrected chi connectivity index (χ4v) is 9.16. The fourth-order valence-electron chi connectivity index (χ4n) is 8.76. The lowest BCUT2D eigenvalue weighted by molar-refractivity contribution is -0.178. The summed E-state index contributed by atoms with van der Waals surface area (Å²) < 4.78 is 5.49. The van der Waals surface area contributed by atoms with Gasteiger partial charge in [0.25, 0.3) is 0 Å². The Balaban J connectivity index is 1.31. The van der Waals surface area contributed by atoms with Crippen molar-refractivity contribution < 1.29 is 29.3 Å². The number of aliphatic hydroxyl groups excluding tert-OH is 1. The van der Waals surface area contributed by atoms with E-state index in [1.807, 2.05) is 30.9 Å². The molecule has 4 aliphatic rings. The van der Waals surface area contributed by atoms with Crippen LogP contribution in [-0.4, -0.2) is 70.9 Å². The Morgan fingerprint density at radius 3 is 2.55 bits per heavy atom. The Bertz CT molecular complexity index is 1320. The minimum Gasteiger partial charge on any atom is -0.454 e. The molecule has 3 saturated carbocycles. The zero-order chi connectivity index (χ0) is 30.4. The highest BCUT2D eigenvalue weighted by molar-refractivity contribution is 6.18. The van der Waals surface area contributed by atoms with Crippen LogP contribution in [0.25, 0.3) is 0 Å². The first-order valence-corrected chi connectivity index (χ1v) is 16.0. The number of hydrogen-bond donors (Lipinski definition) is 2. The molecule has 0 aromatic heterocycles. The van der Waals surface area contributed by atoms with E-state index in [1.54, 1.807) is 24.3 Å². The number of Topliss-reactive ketones (excluding diaryl/α,β-unsaturated/α-hetero) is 1. The molecule has 0 heterocycles. The van der Waals surface area contributed by atoms with Crippen LogP contribution in [0.2, 0.25) is 0 Å². The molecule has 4 aliphatic carbocycles. The molecule has 0 radical (unpaired) electrons. The van der Waals surface area contributed by atoms with Gasteiger partial charge in [-0.3, -0.25) is 9.59 Å². The quantitative estimate of drug-likeness (QED) is 0.296. The van der Waals surface area contributed by atoms with E-state index in [-0.39, 0.29) is 36.4 Å². The smallest absolute Gasteiger partial charge is 0.338 e. The van der Waals surface area contributed by atoms with Gasteiger partial charge in [0, 0.05) is 47.3 Å². The summed E-state index contributed by atoms with van der Waals surface area (Å²) in [7, 11) is 0. The number of carbonyl (C=O) groups is 3. The van der Waals surface area contributed by atoms with Crippen LogP contribution >= 0.6 is 23.2 Å². The average molecular weight is 619 g/mol. The van der Waals surface area contributed by atoms with Gasteiger partial charge in [-0.15, -0.1) is 23.2 Å². The first kappa shape index (κ1) is 31.2. The lowest BCUT2D eigenvalue weighted by atomic mass is 9.46. The molecule has 5 rings (SSSR count). The Morgan fingerprint density at radius 1 is 1.14 bits per heavy atom. The van der Waals surface area contributed by atoms with Gasteiger partial charge in [0.15, 0.2) is 12.4 Å². The van der Waals surface area contributed by atoms with Gasteiger partial charge < -0.3 is 19.8 Å². The van der Waals surface area contributed by atoms with E-state index in [2.05, 4.69) is 6.92 Å². The molecule has 7 atom stereocenters. The molecular weight excluding hydrogens is 577 g/mol. The fraction of sp³-hybridized carbons (Fsp3) is 0.606. The first-order valence-electron chi connectivity index (χ1n) is 14.9. The summed E-state index contributed by atoms with van der Waals surface area (Å²) >= 11 is 11.9. The lowest BCUT2D eigenvalue weighted by Crippen LogP contribution is -2.61. The van der Waals surface area contributed by atoms with Crippen LogP contribution in [0.4, 0.5) is 5.69 Å². The molecule has 1 aromatic carbocycles. The van der Waals surface area contributed by atoms with Crippen molar-refractivity contribution in [3.05, 3.63) is 53.1 Å². The number of carbonyl (C=O) groups excluding carboxylic acids is 3. The lowest BCUT2D eigenvalue weighted by Gasteiger charge is -2.59. The molecule has 3 fully saturated rings. The summed E-state index contributed by atoms with van der Waals surface area (Å²) in [5, 5.41) is 23.5. The summed E-state index contributed by atoms with van der Waals surface area (Å²) in [6.07, 6.45) is 7.22. The number of hydrogen-bond acceptors (Lipinski definition) is 7. The highest BCUT2D eigenvalue weighted by atomic mass is 35.5. The van der Waals surface area contributed by atoms with E-state index in [9.17, 15) is 24.6 Å². The second-order valence-electron chi connectivity index (χ2n) is 13.0. The minimum absolute atomic E-state index is 0.0174. The van der Waals surface area contributed by atoms with Crippen molar-refractivity contribution in [2.75, 3.05) is 36.4 Å². The topological polar surface area (TPSA) is 104 Å². The number of allylic oxidation sites excluding steroid dienone is 4. The van der Waals surface area contributed by atoms with Crippen molar-refractivity contribution in [2.24, 2.45) is 28.6 Å².